The van der Waals surface area contributed by atoms with Crippen LogP contribution in [0, 0.1) is 0 Å². The van der Waals surface area contributed by atoms with Gasteiger partial charge in [-0.05, 0) is 24.3 Å². The predicted molar refractivity (Wildman–Crippen MR) is 107 cm³/mol. The minimum Gasteiger partial charge on any atom is -0.310 e. The van der Waals surface area contributed by atoms with Gasteiger partial charge in [-0.1, -0.05) is 52.0 Å². The highest BCUT2D eigenvalue weighted by Gasteiger charge is 2.15. The lowest BCUT2D eigenvalue weighted by Crippen LogP contribution is -2.15. The maximum Gasteiger partial charge on any atom is 0.236 e. The van der Waals surface area contributed by atoms with Gasteiger partial charge in [0.1, 0.15) is 5.82 Å². The van der Waals surface area contributed by atoms with Gasteiger partial charge in [0, 0.05) is 22.8 Å². The molecule has 1 amide bonds. The van der Waals surface area contributed by atoms with Gasteiger partial charge >= 0.3 is 0 Å². The minimum absolute atomic E-state index is 0.146. The third kappa shape index (κ3) is 4.59. The van der Waals surface area contributed by atoms with Gasteiger partial charge in [0.05, 0.1) is 5.75 Å². The Bertz CT molecular complexity index is 896. The number of pyridine rings is 1. The molecule has 0 unspecified atom stereocenters. The van der Waals surface area contributed by atoms with E-state index in [0.717, 1.165) is 15.9 Å². The van der Waals surface area contributed by atoms with E-state index in [1.807, 2.05) is 34.9 Å². The maximum atomic E-state index is 12.1. The molecule has 0 radical (unpaired) electrons. The van der Waals surface area contributed by atoms with Gasteiger partial charge < -0.3 is 5.32 Å². The lowest BCUT2D eigenvalue weighted by atomic mass is 10.2. The van der Waals surface area contributed by atoms with E-state index in [9.17, 15) is 4.79 Å². The molecule has 2 aromatic heterocycles. The quantitative estimate of drug-likeness (QED) is 0.453. The molecule has 6 nitrogen and oxygen atoms in total. The van der Waals surface area contributed by atoms with Crippen LogP contribution in [0.1, 0.15) is 0 Å². The standard InChI is InChI=1S/C18H16BrN5OS/c1-2-11-24-17(13-6-8-14(19)9-7-13)22-23-18(24)26-12-16(25)21-15-5-3-4-10-20-15/h2-10H,1,11-12H2,(H,20,21,25). The number of amides is 1. The Labute approximate surface area is 163 Å². The van der Waals surface area contributed by atoms with Crippen LogP contribution in [0.15, 0.2) is 70.9 Å². The molecule has 2 heterocycles. The van der Waals surface area contributed by atoms with Crippen LogP contribution in [0.4, 0.5) is 5.82 Å². The molecular formula is C18H16BrN5OS. The van der Waals surface area contributed by atoms with Crippen LogP contribution in [-0.2, 0) is 11.3 Å². The number of hydrogen-bond acceptors (Lipinski definition) is 5. The van der Waals surface area contributed by atoms with Crippen molar-refractivity contribution >= 4 is 39.4 Å². The van der Waals surface area contributed by atoms with Crippen molar-refractivity contribution < 1.29 is 4.79 Å². The molecule has 0 fully saturated rings. The van der Waals surface area contributed by atoms with Crippen molar-refractivity contribution in [3.63, 3.8) is 0 Å². The average Bonchev–Trinajstić information content (AvgIpc) is 3.05. The molecule has 0 spiro atoms. The number of anilines is 1. The van der Waals surface area contributed by atoms with Gasteiger partial charge in [0.15, 0.2) is 11.0 Å². The molecule has 1 N–H and O–H groups in total. The van der Waals surface area contributed by atoms with E-state index in [0.29, 0.717) is 17.5 Å². The fourth-order valence-corrected chi connectivity index (χ4v) is 3.26. The van der Waals surface area contributed by atoms with Gasteiger partial charge in [-0.25, -0.2) is 4.98 Å². The molecule has 8 heteroatoms. The molecule has 1 aromatic carbocycles. The van der Waals surface area contributed by atoms with E-state index in [-0.39, 0.29) is 11.7 Å². The fraction of sp³-hybridized carbons (Fsp3) is 0.111. The van der Waals surface area contributed by atoms with Crippen molar-refractivity contribution in [3.8, 4) is 11.4 Å². The first-order chi connectivity index (χ1) is 12.7. The first-order valence-electron chi connectivity index (χ1n) is 7.81. The van der Waals surface area contributed by atoms with Crippen LogP contribution in [0.5, 0.6) is 0 Å². The summed E-state index contributed by atoms with van der Waals surface area (Å²) in [5.41, 5.74) is 0.951. The number of rotatable bonds is 7. The summed E-state index contributed by atoms with van der Waals surface area (Å²) in [6, 6.07) is 13.2. The molecule has 0 bridgehead atoms. The predicted octanol–water partition coefficient (Wildman–Crippen LogP) is 4.02. The Morgan fingerprint density at radius 3 is 2.73 bits per heavy atom. The number of carbonyl (C=O) groups is 1. The number of aromatic nitrogens is 4. The second-order valence-electron chi connectivity index (χ2n) is 5.26. The number of allylic oxidation sites excluding steroid dienone is 1. The molecule has 0 aliphatic rings. The summed E-state index contributed by atoms with van der Waals surface area (Å²) < 4.78 is 2.94. The zero-order chi connectivity index (χ0) is 18.4. The summed E-state index contributed by atoms with van der Waals surface area (Å²) in [5.74, 6) is 1.34. The van der Waals surface area contributed by atoms with Crippen LogP contribution in [-0.4, -0.2) is 31.4 Å². The van der Waals surface area contributed by atoms with Crippen molar-refractivity contribution in [2.24, 2.45) is 0 Å². The smallest absolute Gasteiger partial charge is 0.236 e. The Morgan fingerprint density at radius 2 is 2.04 bits per heavy atom. The summed E-state index contributed by atoms with van der Waals surface area (Å²) in [4.78, 5) is 16.2. The minimum atomic E-state index is -0.146. The van der Waals surface area contributed by atoms with Crippen LogP contribution in [0.3, 0.4) is 0 Å². The Hall–Kier alpha value is -2.45. The van der Waals surface area contributed by atoms with Crippen molar-refractivity contribution in [1.82, 2.24) is 19.7 Å². The van der Waals surface area contributed by atoms with Gasteiger partial charge in [-0.2, -0.15) is 0 Å². The van der Waals surface area contributed by atoms with Crippen molar-refractivity contribution in [3.05, 3.63) is 65.8 Å². The number of hydrogen-bond donors (Lipinski definition) is 1. The van der Waals surface area contributed by atoms with Crippen molar-refractivity contribution in [2.75, 3.05) is 11.1 Å². The van der Waals surface area contributed by atoms with Gasteiger partial charge in [0.25, 0.3) is 0 Å². The number of nitrogens with zero attached hydrogens (tertiary/aromatic N) is 4. The molecule has 3 aromatic rings. The molecule has 3 rings (SSSR count). The van der Waals surface area contributed by atoms with Gasteiger partial charge in [-0.3, -0.25) is 9.36 Å². The van der Waals surface area contributed by atoms with Gasteiger partial charge in [-0.15, -0.1) is 16.8 Å². The topological polar surface area (TPSA) is 72.7 Å². The normalized spacial score (nSPS) is 10.5. The third-order valence-electron chi connectivity index (χ3n) is 3.40. The zero-order valence-electron chi connectivity index (χ0n) is 13.8. The second kappa shape index (κ2) is 8.77. The summed E-state index contributed by atoms with van der Waals surface area (Å²) in [7, 11) is 0. The summed E-state index contributed by atoms with van der Waals surface area (Å²) >= 11 is 4.75. The summed E-state index contributed by atoms with van der Waals surface area (Å²) in [6.45, 7) is 4.35. The number of benzene rings is 1. The van der Waals surface area contributed by atoms with E-state index in [4.69, 9.17) is 0 Å². The monoisotopic (exact) mass is 429 g/mol. The number of thioether (sulfide) groups is 1. The van der Waals surface area contributed by atoms with Crippen LogP contribution in [0.25, 0.3) is 11.4 Å². The second-order valence-corrected chi connectivity index (χ2v) is 7.12. The highest BCUT2D eigenvalue weighted by atomic mass is 79.9. The molecule has 0 atom stereocenters. The van der Waals surface area contributed by atoms with Crippen molar-refractivity contribution in [2.45, 2.75) is 11.7 Å². The van der Waals surface area contributed by atoms with Crippen LogP contribution >= 0.6 is 27.7 Å². The Balaban J connectivity index is 1.72. The summed E-state index contributed by atoms with van der Waals surface area (Å²) in [5, 5.41) is 11.9. The fourth-order valence-electron chi connectivity index (χ4n) is 2.25. The van der Waals surface area contributed by atoms with Crippen LogP contribution in [0.2, 0.25) is 0 Å². The molecule has 0 aliphatic carbocycles. The molecular weight excluding hydrogens is 414 g/mol. The van der Waals surface area contributed by atoms with E-state index < -0.39 is 0 Å². The number of carbonyl (C=O) groups excluding carboxylic acids is 1. The number of halogens is 1. The van der Waals surface area contributed by atoms with Crippen molar-refractivity contribution in [1.29, 1.82) is 0 Å². The number of nitrogens with one attached hydrogen (secondary N) is 1. The first-order valence-corrected chi connectivity index (χ1v) is 9.59. The largest absolute Gasteiger partial charge is 0.310 e. The molecule has 132 valence electrons. The van der Waals surface area contributed by atoms with E-state index in [2.05, 4.69) is 43.0 Å². The van der Waals surface area contributed by atoms with Crippen LogP contribution < -0.4 is 5.32 Å². The lowest BCUT2D eigenvalue weighted by Gasteiger charge is -2.08. The SMILES string of the molecule is C=CCn1c(SCC(=O)Nc2ccccn2)nnc1-c1ccc(Br)cc1. The first kappa shape index (κ1) is 18.3. The molecule has 0 aliphatic heterocycles. The van der Waals surface area contributed by atoms with E-state index >= 15 is 0 Å². The molecule has 0 saturated carbocycles. The molecule has 0 saturated heterocycles. The Kier molecular flexibility index (Phi) is 6.19. The highest BCUT2D eigenvalue weighted by molar-refractivity contribution is 9.10. The Morgan fingerprint density at radius 1 is 1.23 bits per heavy atom. The lowest BCUT2D eigenvalue weighted by molar-refractivity contribution is -0.113. The highest BCUT2D eigenvalue weighted by Crippen LogP contribution is 2.25. The van der Waals surface area contributed by atoms with Gasteiger partial charge in [0.2, 0.25) is 5.91 Å². The average molecular weight is 430 g/mol. The molecule has 26 heavy (non-hydrogen) atoms. The third-order valence-corrected chi connectivity index (χ3v) is 4.89. The maximum absolute atomic E-state index is 12.1. The summed E-state index contributed by atoms with van der Waals surface area (Å²) in [6.07, 6.45) is 3.41. The van der Waals surface area contributed by atoms with E-state index in [1.165, 1.54) is 11.8 Å². The van der Waals surface area contributed by atoms with E-state index in [1.54, 1.807) is 24.4 Å². The zero-order valence-corrected chi connectivity index (χ0v) is 16.2.